The number of thiophene rings is 2. The van der Waals surface area contributed by atoms with Crippen molar-refractivity contribution in [1.82, 2.24) is 9.97 Å². The predicted molar refractivity (Wildman–Crippen MR) is 414 cm³/mol. The second-order valence-electron chi connectivity index (χ2n) is 22.4. The second kappa shape index (κ2) is 49.2. The second-order valence-corrected chi connectivity index (χ2v) is 25.0. The molecule has 0 saturated carbocycles. The fourth-order valence-corrected chi connectivity index (χ4v) is 11.7. The Morgan fingerprint density at radius 3 is 1.08 bits per heavy atom. The minimum atomic E-state index is -0.156. The first-order valence-corrected chi connectivity index (χ1v) is 31.7. The Kier molecular flexibility index (Phi) is 48.6. The van der Waals surface area contributed by atoms with E-state index in [1.165, 1.54) is 74.6 Å². The summed E-state index contributed by atoms with van der Waals surface area (Å²) in [5.74, 6) is 1.63. The first-order chi connectivity index (χ1) is 41.9. The SMILES string of the molecule is C.C.C[N-]C.C[N-]C.C[N-]C.C[N-]C.C[N-]C.Cc1ccc(C(Nc2c(C(C)C)cccc2C(C)C)c2cccc(-c3cccc4ccccc34)n2)s1.Cc1ccc(C([N-]c2c(C(C)C)cccc2C(C)C)c2cccc(-c3cccc4ccccc34)n2)s1.[CH3-].[CH3-].[Hf+4].[Hf]. The third-order valence-corrected chi connectivity index (χ3v) is 15.7. The maximum atomic E-state index is 5.50. The van der Waals surface area contributed by atoms with Crippen LogP contribution in [0.4, 0.5) is 11.4 Å². The number of aromatic nitrogens is 2. The summed E-state index contributed by atoms with van der Waals surface area (Å²) >= 11 is 3.65. The summed E-state index contributed by atoms with van der Waals surface area (Å²) in [5, 5.41) is 31.9. The Hall–Kier alpha value is -5.32. The number of pyridine rings is 2. The van der Waals surface area contributed by atoms with Crippen LogP contribution in [0.5, 0.6) is 0 Å². The number of anilines is 1. The van der Waals surface area contributed by atoms with Crippen molar-refractivity contribution < 1.29 is 51.7 Å². The summed E-state index contributed by atoms with van der Waals surface area (Å²) in [6, 6.07) is 64.8. The molecular formula is C80H111Hf2N9S2-4. The van der Waals surface area contributed by atoms with Gasteiger partial charge in [-0.2, -0.15) is 70.5 Å². The monoisotopic (exact) mass is 1620 g/mol. The number of nitrogens with one attached hydrogen (secondary N) is 1. The molecular weight excluding hydrogens is 1510 g/mol. The van der Waals surface area contributed by atoms with E-state index in [4.69, 9.17) is 15.3 Å². The number of rotatable bonds is 14. The van der Waals surface area contributed by atoms with Crippen LogP contribution in [0.2, 0.25) is 0 Å². The van der Waals surface area contributed by atoms with Crippen LogP contribution in [0.3, 0.4) is 0 Å². The van der Waals surface area contributed by atoms with Crippen LogP contribution in [-0.2, 0) is 51.7 Å². The molecule has 0 aliphatic heterocycles. The topological polar surface area (TPSA) is 122 Å². The van der Waals surface area contributed by atoms with Gasteiger partial charge in [-0.1, -0.05) is 215 Å². The molecule has 0 amide bonds. The van der Waals surface area contributed by atoms with Crippen molar-refractivity contribution in [1.29, 1.82) is 0 Å². The summed E-state index contributed by atoms with van der Waals surface area (Å²) in [5.41, 5.74) is 14.0. The molecule has 2 unspecified atom stereocenters. The Labute approximate surface area is 612 Å². The zero-order valence-electron chi connectivity index (χ0n) is 58.7. The predicted octanol–water partition coefficient (Wildman–Crippen LogP) is 25.3. The fourth-order valence-electron chi connectivity index (χ4n) is 9.84. The number of fused-ring (bicyclic) bond motifs is 2. The molecule has 10 rings (SSSR count). The Morgan fingerprint density at radius 1 is 0.376 bits per heavy atom. The summed E-state index contributed by atoms with van der Waals surface area (Å²) < 4.78 is 0. The molecule has 0 spiro atoms. The van der Waals surface area contributed by atoms with Crippen LogP contribution >= 0.6 is 22.7 Å². The third kappa shape index (κ3) is 27.4. The Bertz CT molecular complexity index is 3270. The van der Waals surface area contributed by atoms with E-state index in [0.717, 1.165) is 34.0 Å². The minimum absolute atomic E-state index is 0. The molecule has 4 heterocycles. The molecule has 4 aromatic heterocycles. The van der Waals surface area contributed by atoms with E-state index in [1.54, 1.807) is 70.5 Å². The van der Waals surface area contributed by atoms with Gasteiger partial charge in [0.15, 0.2) is 0 Å². The van der Waals surface area contributed by atoms with E-state index < -0.39 is 0 Å². The van der Waals surface area contributed by atoms with Gasteiger partial charge in [0.2, 0.25) is 0 Å². The number of hydrogen-bond donors (Lipinski definition) is 1. The van der Waals surface area contributed by atoms with Gasteiger partial charge in [0.25, 0.3) is 0 Å². The van der Waals surface area contributed by atoms with Crippen LogP contribution in [0.15, 0.2) is 182 Å². The molecule has 2 atom stereocenters. The number of nitrogens with zero attached hydrogens (tertiary/aromatic N) is 8. The number of hydrogen-bond acceptors (Lipinski definition) is 5. The van der Waals surface area contributed by atoms with Crippen LogP contribution in [0.25, 0.3) is 76.0 Å². The first-order valence-electron chi connectivity index (χ1n) is 30.1. The minimum Gasteiger partial charge on any atom is -0.672 e. The third-order valence-electron chi connectivity index (χ3n) is 13.6. The van der Waals surface area contributed by atoms with Crippen molar-refractivity contribution >= 4 is 55.6 Å². The van der Waals surface area contributed by atoms with E-state index in [1.807, 2.05) is 22.7 Å². The van der Waals surface area contributed by atoms with Gasteiger partial charge >= 0.3 is 25.8 Å². The van der Waals surface area contributed by atoms with Crippen molar-refractivity contribution in [3.63, 3.8) is 0 Å². The molecule has 0 aliphatic carbocycles. The van der Waals surface area contributed by atoms with Crippen LogP contribution in [0, 0.1) is 28.7 Å². The van der Waals surface area contributed by atoms with Crippen molar-refractivity contribution in [2.24, 2.45) is 0 Å². The van der Waals surface area contributed by atoms with E-state index in [2.05, 4.69) is 283 Å². The summed E-state index contributed by atoms with van der Waals surface area (Å²) in [7, 11) is 17.5. The van der Waals surface area contributed by atoms with E-state index in [9.17, 15) is 0 Å². The molecule has 0 aliphatic rings. The smallest absolute Gasteiger partial charge is 0.672 e. The van der Waals surface area contributed by atoms with Gasteiger partial charge in [0.1, 0.15) is 6.04 Å². The van der Waals surface area contributed by atoms with Crippen LogP contribution in [0.1, 0.15) is 159 Å². The summed E-state index contributed by atoms with van der Waals surface area (Å²) in [4.78, 5) is 15.6. The average Bonchev–Trinajstić information content (AvgIpc) is 1.58. The molecule has 0 saturated heterocycles. The number of para-hydroxylation sites is 2. The largest absolute Gasteiger partial charge is 4.00 e. The van der Waals surface area contributed by atoms with Gasteiger partial charge in [-0.25, -0.2) is 0 Å². The molecule has 9 nitrogen and oxygen atoms in total. The van der Waals surface area contributed by atoms with Crippen LogP contribution < -0.4 is 5.32 Å². The van der Waals surface area contributed by atoms with Gasteiger partial charge in [-0.15, -0.1) is 28.4 Å². The molecule has 0 fully saturated rings. The average molecular weight is 1620 g/mol. The molecule has 10 aromatic rings. The molecule has 1 N–H and O–H groups in total. The molecule has 6 aromatic carbocycles. The van der Waals surface area contributed by atoms with E-state index >= 15 is 0 Å². The summed E-state index contributed by atoms with van der Waals surface area (Å²) in [6.07, 6.45) is 0. The van der Waals surface area contributed by atoms with Gasteiger partial charge in [0.05, 0.1) is 17.1 Å². The van der Waals surface area contributed by atoms with Gasteiger partial charge in [-0.3, -0.25) is 9.97 Å². The van der Waals surface area contributed by atoms with Crippen molar-refractivity contribution in [3.05, 3.63) is 282 Å². The zero-order valence-corrected chi connectivity index (χ0v) is 67.5. The van der Waals surface area contributed by atoms with Crippen LogP contribution in [-0.4, -0.2) is 80.4 Å². The number of benzene rings is 6. The van der Waals surface area contributed by atoms with Gasteiger partial charge in [-0.05, 0) is 130 Å². The molecule has 500 valence electrons. The molecule has 0 bridgehead atoms. The van der Waals surface area contributed by atoms with Gasteiger partial charge in [0, 0.05) is 63.0 Å². The molecule has 13 heteroatoms. The standard InChI is InChI=1S/C33H34N2S.C33H33N2S.5C2H6N.2CH4.2CH3.2Hf/c2*1-21(2)25-14-9-15-26(22(3)4)32(25)35-33(31-20-19-23(5)36-31)30-18-10-17-29(34-30)28-16-8-12-24-11-6-7-13-27(24)28;5*1-3-2;;;;;;/h6-22,33,35H,1-5H3;6-22,33H,1-5H3;5*1-2H3;2*1H4;2*1H3;;/q;6*-1;;;2*-1;;+4. The maximum absolute atomic E-state index is 5.50. The van der Waals surface area contributed by atoms with E-state index in [-0.39, 0.29) is 93.5 Å². The van der Waals surface area contributed by atoms with Gasteiger partial charge < -0.3 is 52.1 Å². The molecule has 93 heavy (non-hydrogen) atoms. The van der Waals surface area contributed by atoms with Crippen molar-refractivity contribution in [2.75, 3.05) is 75.8 Å². The fraction of sp³-hybridized carbons (Fsp3) is 0.350. The Balaban J connectivity index is -0.00000136. The quantitative estimate of drug-likeness (QED) is 0.0862. The first kappa shape index (κ1) is 91.9. The normalized spacial score (nSPS) is 10.6. The zero-order chi connectivity index (χ0) is 64.0. The Morgan fingerprint density at radius 2 is 0.699 bits per heavy atom. The van der Waals surface area contributed by atoms with Crippen molar-refractivity contribution in [3.8, 4) is 22.5 Å². The molecule has 0 radical (unpaired) electrons. The van der Waals surface area contributed by atoms with Crippen molar-refractivity contribution in [2.45, 2.75) is 120 Å². The summed E-state index contributed by atoms with van der Waals surface area (Å²) in [6.45, 7) is 22.4. The van der Waals surface area contributed by atoms with E-state index in [0.29, 0.717) is 23.7 Å². The maximum Gasteiger partial charge on any atom is 4.00 e. The number of aryl methyl sites for hydroxylation is 2.